The van der Waals surface area contributed by atoms with Gasteiger partial charge in [0.1, 0.15) is 11.3 Å². The SMILES string of the molecule is Cc1cccc(CNC(=O)c2ccc3c(=O)n(C)c(=O)n(C)c3n2)c1. The van der Waals surface area contributed by atoms with Crippen molar-refractivity contribution in [3.05, 3.63) is 74.1 Å². The minimum atomic E-state index is -0.484. The molecular weight excluding hydrogens is 320 g/mol. The minimum Gasteiger partial charge on any atom is -0.347 e. The van der Waals surface area contributed by atoms with E-state index in [0.29, 0.717) is 11.9 Å². The standard InChI is InChI=1S/C18H18N4O3/c1-11-5-4-6-12(9-11)10-19-16(23)14-8-7-13-15(20-14)21(2)18(25)22(3)17(13)24/h4-9H,10H2,1-3H3,(H,19,23). The number of amides is 1. The van der Waals surface area contributed by atoms with Crippen LogP contribution in [0.1, 0.15) is 21.6 Å². The predicted molar refractivity (Wildman–Crippen MR) is 94.6 cm³/mol. The largest absolute Gasteiger partial charge is 0.347 e. The van der Waals surface area contributed by atoms with Gasteiger partial charge in [0.25, 0.3) is 11.5 Å². The Kier molecular flexibility index (Phi) is 4.22. The zero-order chi connectivity index (χ0) is 18.1. The van der Waals surface area contributed by atoms with Crippen molar-refractivity contribution in [1.82, 2.24) is 19.4 Å². The lowest BCUT2D eigenvalue weighted by atomic mass is 10.1. The number of benzene rings is 1. The smallest absolute Gasteiger partial charge is 0.332 e. The first-order valence-electron chi connectivity index (χ1n) is 7.79. The summed E-state index contributed by atoms with van der Waals surface area (Å²) >= 11 is 0. The second-order valence-electron chi connectivity index (χ2n) is 5.95. The van der Waals surface area contributed by atoms with Crippen LogP contribution in [0.25, 0.3) is 11.0 Å². The summed E-state index contributed by atoms with van der Waals surface area (Å²) in [7, 11) is 2.93. The number of pyridine rings is 1. The highest BCUT2D eigenvalue weighted by molar-refractivity contribution is 5.94. The summed E-state index contributed by atoms with van der Waals surface area (Å²) in [6, 6.07) is 10.8. The van der Waals surface area contributed by atoms with Crippen molar-refractivity contribution in [3.63, 3.8) is 0 Å². The first-order valence-corrected chi connectivity index (χ1v) is 7.79. The molecule has 1 amide bonds. The molecule has 0 aliphatic heterocycles. The molecule has 0 atom stereocenters. The van der Waals surface area contributed by atoms with Gasteiger partial charge in [-0.1, -0.05) is 29.8 Å². The maximum atomic E-state index is 12.4. The average Bonchev–Trinajstić information content (AvgIpc) is 2.62. The molecule has 2 heterocycles. The van der Waals surface area contributed by atoms with Gasteiger partial charge in [-0.15, -0.1) is 0 Å². The number of carbonyl (C=O) groups is 1. The van der Waals surface area contributed by atoms with Crippen LogP contribution in [-0.4, -0.2) is 20.0 Å². The van der Waals surface area contributed by atoms with Crippen LogP contribution in [0.2, 0.25) is 0 Å². The van der Waals surface area contributed by atoms with Gasteiger partial charge < -0.3 is 5.32 Å². The van der Waals surface area contributed by atoms with Gasteiger partial charge in [0, 0.05) is 20.6 Å². The van der Waals surface area contributed by atoms with Gasteiger partial charge in [-0.05, 0) is 24.6 Å². The number of aryl methyl sites for hydroxylation is 2. The van der Waals surface area contributed by atoms with E-state index in [-0.39, 0.29) is 17.2 Å². The minimum absolute atomic E-state index is 0.156. The lowest BCUT2D eigenvalue weighted by Crippen LogP contribution is -2.37. The molecule has 0 fully saturated rings. The number of nitrogens with one attached hydrogen (secondary N) is 1. The van der Waals surface area contributed by atoms with E-state index >= 15 is 0 Å². The second kappa shape index (κ2) is 6.35. The van der Waals surface area contributed by atoms with Crippen LogP contribution < -0.4 is 16.6 Å². The quantitative estimate of drug-likeness (QED) is 0.768. The Bertz CT molecular complexity index is 1100. The summed E-state index contributed by atoms with van der Waals surface area (Å²) in [4.78, 5) is 40.7. The first kappa shape index (κ1) is 16.6. The van der Waals surface area contributed by atoms with E-state index in [4.69, 9.17) is 0 Å². The molecule has 7 nitrogen and oxygen atoms in total. The van der Waals surface area contributed by atoms with E-state index in [1.807, 2.05) is 31.2 Å². The molecule has 7 heteroatoms. The molecule has 0 aliphatic rings. The number of fused-ring (bicyclic) bond motifs is 1. The van der Waals surface area contributed by atoms with Crippen LogP contribution in [0.3, 0.4) is 0 Å². The van der Waals surface area contributed by atoms with E-state index in [1.165, 1.54) is 30.8 Å². The normalized spacial score (nSPS) is 10.8. The lowest BCUT2D eigenvalue weighted by molar-refractivity contribution is 0.0946. The van der Waals surface area contributed by atoms with E-state index in [1.54, 1.807) is 0 Å². The molecule has 3 aromatic rings. The summed E-state index contributed by atoms with van der Waals surface area (Å²) in [6.45, 7) is 2.35. The van der Waals surface area contributed by atoms with Crippen molar-refractivity contribution in [1.29, 1.82) is 0 Å². The van der Waals surface area contributed by atoms with Crippen LogP contribution in [0.5, 0.6) is 0 Å². The Morgan fingerprint density at radius 1 is 1.12 bits per heavy atom. The predicted octanol–water partition coefficient (Wildman–Crippen LogP) is 0.871. The fourth-order valence-electron chi connectivity index (χ4n) is 2.68. The third-order valence-electron chi connectivity index (χ3n) is 4.07. The molecule has 1 aromatic carbocycles. The van der Waals surface area contributed by atoms with Gasteiger partial charge in [-0.2, -0.15) is 0 Å². The maximum Gasteiger partial charge on any atom is 0.332 e. The number of nitrogens with zero attached hydrogens (tertiary/aromatic N) is 3. The first-order chi connectivity index (χ1) is 11.9. The molecule has 1 N–H and O–H groups in total. The van der Waals surface area contributed by atoms with E-state index in [2.05, 4.69) is 10.3 Å². The molecule has 0 radical (unpaired) electrons. The summed E-state index contributed by atoms with van der Waals surface area (Å²) in [5.74, 6) is -0.364. The fourth-order valence-corrected chi connectivity index (χ4v) is 2.68. The van der Waals surface area contributed by atoms with Crippen molar-refractivity contribution in [2.24, 2.45) is 14.1 Å². The molecular formula is C18H18N4O3. The molecule has 0 unspecified atom stereocenters. The maximum absolute atomic E-state index is 12.4. The zero-order valence-electron chi connectivity index (χ0n) is 14.2. The number of hydrogen-bond donors (Lipinski definition) is 1. The fraction of sp³-hybridized carbons (Fsp3) is 0.222. The number of aromatic nitrogens is 3. The topological polar surface area (TPSA) is 86.0 Å². The van der Waals surface area contributed by atoms with Gasteiger partial charge in [-0.25, -0.2) is 9.78 Å². The Morgan fingerprint density at radius 3 is 2.60 bits per heavy atom. The molecule has 0 bridgehead atoms. The van der Waals surface area contributed by atoms with Crippen molar-refractivity contribution in [3.8, 4) is 0 Å². The zero-order valence-corrected chi connectivity index (χ0v) is 14.2. The average molecular weight is 338 g/mol. The van der Waals surface area contributed by atoms with Crippen molar-refractivity contribution in [2.45, 2.75) is 13.5 Å². The summed E-state index contributed by atoms with van der Waals surface area (Å²) in [6.07, 6.45) is 0. The molecule has 25 heavy (non-hydrogen) atoms. The van der Waals surface area contributed by atoms with Crippen molar-refractivity contribution >= 4 is 16.9 Å². The molecule has 2 aromatic heterocycles. The summed E-state index contributed by atoms with van der Waals surface area (Å²) in [5.41, 5.74) is 1.52. The van der Waals surface area contributed by atoms with Crippen LogP contribution in [0.4, 0.5) is 0 Å². The Morgan fingerprint density at radius 2 is 1.88 bits per heavy atom. The number of carbonyl (C=O) groups excluding carboxylic acids is 1. The summed E-state index contributed by atoms with van der Waals surface area (Å²) in [5, 5.41) is 3.09. The third-order valence-corrected chi connectivity index (χ3v) is 4.07. The Balaban J connectivity index is 1.92. The van der Waals surface area contributed by atoms with Crippen LogP contribution in [0.15, 0.2) is 46.0 Å². The van der Waals surface area contributed by atoms with E-state index in [0.717, 1.165) is 15.7 Å². The molecule has 0 saturated heterocycles. The monoisotopic (exact) mass is 338 g/mol. The highest BCUT2D eigenvalue weighted by Gasteiger charge is 2.13. The van der Waals surface area contributed by atoms with Gasteiger partial charge in [-0.3, -0.25) is 18.7 Å². The number of rotatable bonds is 3. The van der Waals surface area contributed by atoms with E-state index in [9.17, 15) is 14.4 Å². The molecule has 3 rings (SSSR count). The van der Waals surface area contributed by atoms with Crippen LogP contribution in [0, 0.1) is 6.92 Å². The van der Waals surface area contributed by atoms with E-state index < -0.39 is 11.2 Å². The summed E-state index contributed by atoms with van der Waals surface area (Å²) < 4.78 is 2.27. The van der Waals surface area contributed by atoms with Crippen LogP contribution >= 0.6 is 0 Å². The number of hydrogen-bond acceptors (Lipinski definition) is 4. The van der Waals surface area contributed by atoms with Crippen molar-refractivity contribution < 1.29 is 4.79 Å². The van der Waals surface area contributed by atoms with Crippen molar-refractivity contribution in [2.75, 3.05) is 0 Å². The van der Waals surface area contributed by atoms with Gasteiger partial charge in [0.2, 0.25) is 0 Å². The molecule has 0 saturated carbocycles. The lowest BCUT2D eigenvalue weighted by Gasteiger charge is -2.09. The highest BCUT2D eigenvalue weighted by Crippen LogP contribution is 2.07. The van der Waals surface area contributed by atoms with Gasteiger partial charge in [0.15, 0.2) is 0 Å². The molecule has 128 valence electrons. The van der Waals surface area contributed by atoms with Gasteiger partial charge in [0.05, 0.1) is 5.39 Å². The molecule has 0 spiro atoms. The highest BCUT2D eigenvalue weighted by atomic mass is 16.2. The third kappa shape index (κ3) is 3.08. The Hall–Kier alpha value is -3.22. The van der Waals surface area contributed by atoms with Crippen LogP contribution in [-0.2, 0) is 20.6 Å². The second-order valence-corrected chi connectivity index (χ2v) is 5.95. The molecule has 0 aliphatic carbocycles. The van der Waals surface area contributed by atoms with Gasteiger partial charge >= 0.3 is 5.69 Å². The Labute approximate surface area is 143 Å².